The van der Waals surface area contributed by atoms with Crippen molar-refractivity contribution >= 4 is 0 Å². The van der Waals surface area contributed by atoms with Crippen LogP contribution in [0.3, 0.4) is 0 Å². The molecule has 3 fully saturated rings. The second-order valence-electron chi connectivity index (χ2n) is 10.1. The zero-order valence-corrected chi connectivity index (χ0v) is 19.4. The van der Waals surface area contributed by atoms with Gasteiger partial charge in [-0.15, -0.1) is 0 Å². The third-order valence-electron chi connectivity index (χ3n) is 7.60. The minimum absolute atomic E-state index is 0.0510. The van der Waals surface area contributed by atoms with Crippen LogP contribution in [-0.4, -0.2) is 87.8 Å². The minimum Gasteiger partial charge on any atom is -0.394 e. The topological polar surface area (TPSA) is 129 Å². The van der Waals surface area contributed by atoms with E-state index in [9.17, 15) is 25.5 Å². The summed E-state index contributed by atoms with van der Waals surface area (Å²) in [7, 11) is 0. The van der Waals surface area contributed by atoms with Crippen molar-refractivity contribution in [3.63, 3.8) is 0 Å². The van der Waals surface area contributed by atoms with E-state index in [4.69, 9.17) is 14.2 Å². The molecule has 2 saturated heterocycles. The van der Waals surface area contributed by atoms with E-state index in [2.05, 4.69) is 6.92 Å². The Kier molecular flexibility index (Phi) is 10.6. The predicted molar refractivity (Wildman–Crippen MR) is 118 cm³/mol. The first-order valence-electron chi connectivity index (χ1n) is 12.7. The summed E-state index contributed by atoms with van der Waals surface area (Å²) < 4.78 is 17.6. The Labute approximate surface area is 191 Å². The third-order valence-corrected chi connectivity index (χ3v) is 7.60. The number of rotatable bonds is 3. The fourth-order valence-corrected chi connectivity index (χ4v) is 5.51. The Bertz CT molecular complexity index is 532. The highest BCUT2D eigenvalue weighted by Gasteiger charge is 2.46. The van der Waals surface area contributed by atoms with E-state index in [1.807, 2.05) is 0 Å². The molecule has 2 aliphatic heterocycles. The van der Waals surface area contributed by atoms with Gasteiger partial charge in [-0.3, -0.25) is 0 Å². The van der Waals surface area contributed by atoms with Crippen LogP contribution < -0.4 is 0 Å². The Balaban J connectivity index is 1.62. The molecule has 3 aliphatic rings. The van der Waals surface area contributed by atoms with E-state index in [-0.39, 0.29) is 24.0 Å². The van der Waals surface area contributed by atoms with Gasteiger partial charge in [-0.1, -0.05) is 44.9 Å². The zero-order chi connectivity index (χ0) is 23.1. The largest absolute Gasteiger partial charge is 0.394 e. The Morgan fingerprint density at radius 2 is 1.47 bits per heavy atom. The summed E-state index contributed by atoms with van der Waals surface area (Å²) in [5.74, 6) is 0.291. The molecule has 0 amide bonds. The average Bonchev–Trinajstić information content (AvgIpc) is 2.77. The molecule has 1 aliphatic carbocycles. The Morgan fingerprint density at radius 3 is 2.16 bits per heavy atom. The van der Waals surface area contributed by atoms with Crippen LogP contribution in [0.15, 0.2) is 0 Å². The molecule has 0 aromatic carbocycles. The van der Waals surface area contributed by atoms with Gasteiger partial charge in [0.05, 0.1) is 31.5 Å². The van der Waals surface area contributed by atoms with Gasteiger partial charge in [0.25, 0.3) is 0 Å². The van der Waals surface area contributed by atoms with Gasteiger partial charge in [-0.25, -0.2) is 0 Å². The Hall–Kier alpha value is -0.320. The van der Waals surface area contributed by atoms with Crippen LogP contribution in [0.5, 0.6) is 0 Å². The van der Waals surface area contributed by atoms with Gasteiger partial charge in [-0.2, -0.15) is 0 Å². The summed E-state index contributed by atoms with van der Waals surface area (Å²) in [4.78, 5) is 0. The van der Waals surface area contributed by atoms with Gasteiger partial charge in [0, 0.05) is 5.92 Å². The van der Waals surface area contributed by atoms with E-state index >= 15 is 0 Å². The predicted octanol–water partition coefficient (Wildman–Crippen LogP) is 1.49. The molecule has 10 atom stereocenters. The van der Waals surface area contributed by atoms with Crippen LogP contribution in [0.25, 0.3) is 0 Å². The number of ether oxygens (including phenoxy) is 3. The molecule has 5 N–H and O–H groups in total. The third kappa shape index (κ3) is 7.09. The SMILES string of the molecule is CC1CCCCCCCCC[C@H]2CC(OC3O[C@H](CO)[C@@H](O)[C@H](O)[C@H]3O)CC(O)C2CO1. The number of aliphatic hydroxyl groups is 5. The lowest BCUT2D eigenvalue weighted by Crippen LogP contribution is -2.60. The maximum Gasteiger partial charge on any atom is 0.186 e. The molecule has 8 nitrogen and oxygen atoms in total. The monoisotopic (exact) mass is 460 g/mol. The van der Waals surface area contributed by atoms with E-state index < -0.39 is 43.4 Å². The fourth-order valence-electron chi connectivity index (χ4n) is 5.51. The van der Waals surface area contributed by atoms with Crippen molar-refractivity contribution in [1.82, 2.24) is 0 Å². The highest BCUT2D eigenvalue weighted by molar-refractivity contribution is 4.91. The van der Waals surface area contributed by atoms with E-state index in [1.165, 1.54) is 38.5 Å². The Morgan fingerprint density at radius 1 is 0.812 bits per heavy atom. The van der Waals surface area contributed by atoms with Gasteiger partial charge in [0.1, 0.15) is 24.4 Å². The smallest absolute Gasteiger partial charge is 0.186 e. The molecular weight excluding hydrogens is 416 g/mol. The van der Waals surface area contributed by atoms with Gasteiger partial charge in [0.15, 0.2) is 6.29 Å². The standard InChI is InChI=1S/C24H44O8/c1-15-9-7-5-3-2-4-6-8-10-16-11-17(12-19(26)18(16)14-30-15)31-24-23(29)22(28)21(27)20(13-25)32-24/h15-29H,2-14H2,1H3/t15?,16-,17?,18?,19?,20+,21+,22-,23+,24?/m0/s1. The molecule has 0 aromatic rings. The molecule has 0 aromatic heterocycles. The maximum absolute atomic E-state index is 11.0. The van der Waals surface area contributed by atoms with Crippen molar-refractivity contribution < 1.29 is 39.7 Å². The maximum atomic E-state index is 11.0. The molecule has 188 valence electrons. The van der Waals surface area contributed by atoms with Crippen molar-refractivity contribution in [3.05, 3.63) is 0 Å². The number of aliphatic hydroxyl groups excluding tert-OH is 5. The summed E-state index contributed by atoms with van der Waals surface area (Å²) in [5.41, 5.74) is 0. The first-order valence-corrected chi connectivity index (χ1v) is 12.7. The summed E-state index contributed by atoms with van der Waals surface area (Å²) in [6, 6.07) is 0. The van der Waals surface area contributed by atoms with Gasteiger partial charge >= 0.3 is 0 Å². The number of hydrogen-bond acceptors (Lipinski definition) is 8. The molecule has 0 radical (unpaired) electrons. The van der Waals surface area contributed by atoms with Gasteiger partial charge in [0.2, 0.25) is 0 Å². The molecule has 8 heteroatoms. The van der Waals surface area contributed by atoms with Crippen LogP contribution in [0.2, 0.25) is 0 Å². The summed E-state index contributed by atoms with van der Waals surface area (Å²) in [6.07, 6.45) is 4.53. The van der Waals surface area contributed by atoms with E-state index in [0.717, 1.165) is 19.3 Å². The first-order chi connectivity index (χ1) is 15.4. The van der Waals surface area contributed by atoms with Crippen LogP contribution in [0.4, 0.5) is 0 Å². The molecule has 1 saturated carbocycles. The molecule has 0 spiro atoms. The van der Waals surface area contributed by atoms with Crippen LogP contribution in [0, 0.1) is 11.8 Å². The normalized spacial score (nSPS) is 45.6. The molecule has 3 rings (SSSR count). The van der Waals surface area contributed by atoms with E-state index in [0.29, 0.717) is 19.4 Å². The molecule has 2 heterocycles. The highest BCUT2D eigenvalue weighted by atomic mass is 16.7. The second kappa shape index (κ2) is 13.0. The van der Waals surface area contributed by atoms with Crippen molar-refractivity contribution in [1.29, 1.82) is 0 Å². The summed E-state index contributed by atoms with van der Waals surface area (Å²) in [6.45, 7) is 2.17. The minimum atomic E-state index is -1.46. The van der Waals surface area contributed by atoms with Crippen molar-refractivity contribution in [2.75, 3.05) is 13.2 Å². The van der Waals surface area contributed by atoms with E-state index in [1.54, 1.807) is 0 Å². The summed E-state index contributed by atoms with van der Waals surface area (Å²) in [5, 5.41) is 50.7. The quantitative estimate of drug-likeness (QED) is 0.428. The van der Waals surface area contributed by atoms with Crippen molar-refractivity contribution in [2.45, 2.75) is 127 Å². The summed E-state index contributed by atoms with van der Waals surface area (Å²) >= 11 is 0. The fraction of sp³-hybridized carbons (Fsp3) is 1.00. The number of fused-ring (bicyclic) bond motifs is 1. The lowest BCUT2D eigenvalue weighted by Gasteiger charge is -2.44. The lowest BCUT2D eigenvalue weighted by atomic mass is 9.74. The number of hydrogen-bond donors (Lipinski definition) is 5. The average molecular weight is 461 g/mol. The highest BCUT2D eigenvalue weighted by Crippen LogP contribution is 2.38. The van der Waals surface area contributed by atoms with Crippen LogP contribution in [0.1, 0.15) is 77.6 Å². The van der Waals surface area contributed by atoms with Crippen LogP contribution >= 0.6 is 0 Å². The van der Waals surface area contributed by atoms with Gasteiger partial charge in [-0.05, 0) is 38.5 Å². The zero-order valence-electron chi connectivity index (χ0n) is 19.4. The molecular formula is C24H44O8. The molecule has 5 unspecified atom stereocenters. The van der Waals surface area contributed by atoms with Crippen molar-refractivity contribution in [3.8, 4) is 0 Å². The molecule has 32 heavy (non-hydrogen) atoms. The van der Waals surface area contributed by atoms with Gasteiger partial charge < -0.3 is 39.7 Å². The lowest BCUT2D eigenvalue weighted by molar-refractivity contribution is -0.316. The first kappa shape index (κ1) is 26.3. The molecule has 0 bridgehead atoms. The van der Waals surface area contributed by atoms with Crippen molar-refractivity contribution in [2.24, 2.45) is 11.8 Å². The second-order valence-corrected chi connectivity index (χ2v) is 10.1. The van der Waals surface area contributed by atoms with Crippen LogP contribution in [-0.2, 0) is 14.2 Å².